The minimum absolute atomic E-state index is 0.0826. The van der Waals surface area contributed by atoms with E-state index in [4.69, 9.17) is 24.7 Å². The zero-order chi connectivity index (χ0) is 21.8. The summed E-state index contributed by atoms with van der Waals surface area (Å²) in [6.07, 6.45) is 2.70. The van der Waals surface area contributed by atoms with Gasteiger partial charge in [0.15, 0.2) is 11.5 Å². The second kappa shape index (κ2) is 9.06. The Hall–Kier alpha value is -2.57. The maximum atomic E-state index is 11.8. The molecule has 2 aromatic heterocycles. The highest BCUT2D eigenvalue weighted by atomic mass is 19.4. The van der Waals surface area contributed by atoms with Gasteiger partial charge < -0.3 is 24.7 Å². The predicted octanol–water partition coefficient (Wildman–Crippen LogP) is 2.24. The number of halogens is 3. The van der Waals surface area contributed by atoms with Crippen LogP contribution in [0.25, 0.3) is 0 Å². The minimum atomic E-state index is -4.47. The van der Waals surface area contributed by atoms with Crippen LogP contribution in [-0.2, 0) is 20.4 Å². The van der Waals surface area contributed by atoms with Crippen LogP contribution in [0.3, 0.4) is 0 Å². The van der Waals surface area contributed by atoms with Crippen molar-refractivity contribution in [1.82, 2.24) is 19.9 Å². The van der Waals surface area contributed by atoms with Gasteiger partial charge in [0.2, 0.25) is 5.88 Å². The fourth-order valence-electron chi connectivity index (χ4n) is 3.02. The molecule has 2 aliphatic rings. The number of aromatic nitrogens is 4. The van der Waals surface area contributed by atoms with E-state index in [9.17, 15) is 13.2 Å². The summed E-state index contributed by atoms with van der Waals surface area (Å²) in [7, 11) is 0. The lowest BCUT2D eigenvalue weighted by Crippen LogP contribution is -2.45. The normalized spacial score (nSPS) is 25.0. The summed E-state index contributed by atoms with van der Waals surface area (Å²) in [5, 5.41) is 0. The van der Waals surface area contributed by atoms with Crippen LogP contribution in [0.2, 0.25) is 0 Å². The summed E-state index contributed by atoms with van der Waals surface area (Å²) >= 11 is 0. The zero-order valence-electron chi connectivity index (χ0n) is 16.4. The fourth-order valence-corrected chi connectivity index (χ4v) is 3.02. The van der Waals surface area contributed by atoms with Crippen molar-refractivity contribution in [2.45, 2.75) is 50.5 Å². The molecule has 4 heterocycles. The van der Waals surface area contributed by atoms with Gasteiger partial charge in [-0.25, -0.2) is 9.97 Å². The molecular formula is C18H22F3N5O4. The lowest BCUT2D eigenvalue weighted by Gasteiger charge is -2.31. The van der Waals surface area contributed by atoms with Crippen LogP contribution in [0.4, 0.5) is 19.0 Å². The van der Waals surface area contributed by atoms with Crippen LogP contribution in [0.5, 0.6) is 5.88 Å². The van der Waals surface area contributed by atoms with Crippen molar-refractivity contribution in [3.05, 3.63) is 36.7 Å². The molecule has 164 valence electrons. The van der Waals surface area contributed by atoms with Crippen molar-refractivity contribution in [3.63, 3.8) is 0 Å². The molecule has 0 aromatic carbocycles. The van der Waals surface area contributed by atoms with Gasteiger partial charge in [-0.3, -0.25) is 9.97 Å². The SMILES string of the molecule is CC1(C)OC2CCOC(COc3cnccn3)C2O1.Nc1cncc(C(F)(F)F)n1. The number of nitrogen functional groups attached to an aromatic ring is 1. The molecule has 3 unspecified atom stereocenters. The predicted molar refractivity (Wildman–Crippen MR) is 97.2 cm³/mol. The maximum Gasteiger partial charge on any atom is 0.434 e. The maximum absolute atomic E-state index is 11.8. The molecule has 0 spiro atoms. The molecule has 2 aliphatic heterocycles. The first kappa shape index (κ1) is 22.1. The Morgan fingerprint density at radius 2 is 1.97 bits per heavy atom. The summed E-state index contributed by atoms with van der Waals surface area (Å²) < 4.78 is 58.5. The van der Waals surface area contributed by atoms with Crippen LogP contribution in [-0.4, -0.2) is 57.2 Å². The molecule has 0 amide bonds. The molecule has 0 saturated carbocycles. The van der Waals surface area contributed by atoms with Crippen molar-refractivity contribution in [2.75, 3.05) is 18.9 Å². The average Bonchev–Trinajstić information content (AvgIpc) is 3.01. The highest BCUT2D eigenvalue weighted by Crippen LogP contribution is 2.35. The quantitative estimate of drug-likeness (QED) is 0.784. The Morgan fingerprint density at radius 1 is 1.17 bits per heavy atom. The van der Waals surface area contributed by atoms with Crippen LogP contribution in [0, 0.1) is 0 Å². The molecule has 2 aromatic rings. The van der Waals surface area contributed by atoms with E-state index in [0.29, 0.717) is 25.3 Å². The first-order valence-electron chi connectivity index (χ1n) is 9.15. The largest absolute Gasteiger partial charge is 0.474 e. The Morgan fingerprint density at radius 3 is 2.60 bits per heavy atom. The first-order valence-corrected chi connectivity index (χ1v) is 9.15. The van der Waals surface area contributed by atoms with E-state index < -0.39 is 17.7 Å². The van der Waals surface area contributed by atoms with Gasteiger partial charge in [-0.1, -0.05) is 0 Å². The van der Waals surface area contributed by atoms with Crippen molar-refractivity contribution in [1.29, 1.82) is 0 Å². The van der Waals surface area contributed by atoms with Gasteiger partial charge >= 0.3 is 6.18 Å². The number of ether oxygens (including phenoxy) is 4. The van der Waals surface area contributed by atoms with Crippen molar-refractivity contribution in [3.8, 4) is 5.88 Å². The van der Waals surface area contributed by atoms with Crippen LogP contribution >= 0.6 is 0 Å². The van der Waals surface area contributed by atoms with E-state index in [1.807, 2.05) is 13.8 Å². The molecule has 4 rings (SSSR count). The highest BCUT2D eigenvalue weighted by molar-refractivity contribution is 5.24. The van der Waals surface area contributed by atoms with E-state index >= 15 is 0 Å². The molecule has 0 radical (unpaired) electrons. The summed E-state index contributed by atoms with van der Waals surface area (Å²) in [5.41, 5.74) is 3.91. The van der Waals surface area contributed by atoms with Gasteiger partial charge in [-0.15, -0.1) is 0 Å². The molecule has 2 fully saturated rings. The molecular weight excluding hydrogens is 407 g/mol. The number of rotatable bonds is 3. The molecule has 2 saturated heterocycles. The van der Waals surface area contributed by atoms with E-state index in [1.165, 1.54) is 0 Å². The van der Waals surface area contributed by atoms with Gasteiger partial charge in [-0.2, -0.15) is 13.2 Å². The summed E-state index contributed by atoms with van der Waals surface area (Å²) in [4.78, 5) is 14.3. The van der Waals surface area contributed by atoms with E-state index in [0.717, 1.165) is 12.6 Å². The third-order valence-electron chi connectivity index (χ3n) is 4.20. The Kier molecular flexibility index (Phi) is 6.68. The lowest BCUT2D eigenvalue weighted by molar-refractivity contribution is -0.156. The molecule has 2 N–H and O–H groups in total. The second-order valence-electron chi connectivity index (χ2n) is 7.02. The fraction of sp³-hybridized carbons (Fsp3) is 0.556. The molecule has 3 atom stereocenters. The molecule has 9 nitrogen and oxygen atoms in total. The van der Waals surface area contributed by atoms with Crippen molar-refractivity contribution >= 4 is 5.82 Å². The Labute approximate surface area is 170 Å². The second-order valence-corrected chi connectivity index (χ2v) is 7.02. The first-order chi connectivity index (χ1) is 14.1. The van der Waals surface area contributed by atoms with Crippen LogP contribution in [0.1, 0.15) is 26.0 Å². The van der Waals surface area contributed by atoms with E-state index in [1.54, 1.807) is 18.6 Å². The van der Waals surface area contributed by atoms with Crippen LogP contribution < -0.4 is 10.5 Å². The topological polar surface area (TPSA) is 114 Å². The van der Waals surface area contributed by atoms with Crippen molar-refractivity contribution in [2.24, 2.45) is 0 Å². The van der Waals surface area contributed by atoms with Crippen molar-refractivity contribution < 1.29 is 32.1 Å². The third-order valence-corrected chi connectivity index (χ3v) is 4.20. The number of fused-ring (bicyclic) bond motifs is 1. The highest BCUT2D eigenvalue weighted by Gasteiger charge is 2.47. The van der Waals surface area contributed by atoms with Gasteiger partial charge in [-0.05, 0) is 20.3 Å². The minimum Gasteiger partial charge on any atom is -0.474 e. The van der Waals surface area contributed by atoms with Gasteiger partial charge in [0.1, 0.15) is 24.6 Å². The van der Waals surface area contributed by atoms with Gasteiger partial charge in [0.25, 0.3) is 0 Å². The Balaban J connectivity index is 0.000000199. The summed E-state index contributed by atoms with van der Waals surface area (Å²) in [5.74, 6) is -0.292. The van der Waals surface area contributed by atoms with Gasteiger partial charge in [0.05, 0.1) is 24.7 Å². The third kappa shape index (κ3) is 5.97. The molecule has 0 aliphatic carbocycles. The Bertz CT molecular complexity index is 825. The van der Waals surface area contributed by atoms with Crippen LogP contribution in [0.15, 0.2) is 31.0 Å². The van der Waals surface area contributed by atoms with E-state index in [-0.39, 0.29) is 24.1 Å². The average molecular weight is 429 g/mol. The molecule has 12 heteroatoms. The molecule has 0 bridgehead atoms. The van der Waals surface area contributed by atoms with E-state index in [2.05, 4.69) is 19.9 Å². The number of nitrogens with two attached hydrogens (primary N) is 1. The number of hydrogen-bond donors (Lipinski definition) is 1. The standard InChI is InChI=1S/C13H18N2O4.C5H4F3N3/c1-13(2)18-9-3-6-16-10(12(9)19-13)8-17-11-7-14-4-5-15-11;6-5(7,8)3-1-10-2-4(9)11-3/h4-5,7,9-10,12H,3,6,8H2,1-2H3;1-2H,(H2,9,11). The zero-order valence-corrected chi connectivity index (χ0v) is 16.4. The summed E-state index contributed by atoms with van der Waals surface area (Å²) in [6, 6.07) is 0. The lowest BCUT2D eigenvalue weighted by atomic mass is 10.0. The molecule has 30 heavy (non-hydrogen) atoms. The number of alkyl halides is 3. The number of hydrogen-bond acceptors (Lipinski definition) is 9. The number of anilines is 1. The van der Waals surface area contributed by atoms with Gasteiger partial charge in [0, 0.05) is 19.0 Å². The monoisotopic (exact) mass is 429 g/mol. The smallest absolute Gasteiger partial charge is 0.434 e. The summed E-state index contributed by atoms with van der Waals surface area (Å²) in [6.45, 7) is 4.90. The number of nitrogens with zero attached hydrogens (tertiary/aromatic N) is 4.